The maximum Gasteiger partial charge on any atom is 0.140 e. The van der Waals surface area contributed by atoms with E-state index in [2.05, 4.69) is 19.2 Å². The molecule has 117 valence electrons. The number of rotatable bonds is 6. The summed E-state index contributed by atoms with van der Waals surface area (Å²) >= 11 is 0. The molecule has 21 heavy (non-hydrogen) atoms. The molecule has 0 bridgehead atoms. The highest BCUT2D eigenvalue weighted by molar-refractivity contribution is 6.38. The van der Waals surface area contributed by atoms with Gasteiger partial charge in [-0.3, -0.25) is 0 Å². The minimum Gasteiger partial charge on any atom is -0.394 e. The lowest BCUT2D eigenvalue weighted by atomic mass is 9.55. The highest BCUT2D eigenvalue weighted by Gasteiger charge is 2.24. The average Bonchev–Trinajstić information content (AvgIpc) is 2.43. The van der Waals surface area contributed by atoms with Gasteiger partial charge >= 0.3 is 0 Å². The van der Waals surface area contributed by atoms with E-state index in [0.29, 0.717) is 23.7 Å². The summed E-state index contributed by atoms with van der Waals surface area (Å²) in [4.78, 5) is 11.2. The van der Waals surface area contributed by atoms with Gasteiger partial charge in [0.25, 0.3) is 0 Å². The summed E-state index contributed by atoms with van der Waals surface area (Å²) in [5.74, 6) is 2.10. The standard InChI is InChI=1S/C17H30BN2O/c1-12(9-14-3-6-16(19)7-4-14)20-17-8-5-15(11-18-17)10-13(2)21/h14-17,20H,1,3-11,19H2,2H3. The van der Waals surface area contributed by atoms with Gasteiger partial charge in [0.05, 0.1) is 0 Å². The summed E-state index contributed by atoms with van der Waals surface area (Å²) < 4.78 is 0. The smallest absolute Gasteiger partial charge is 0.140 e. The lowest BCUT2D eigenvalue weighted by Crippen LogP contribution is -2.39. The largest absolute Gasteiger partial charge is 0.394 e. The second-order valence-electron chi connectivity index (χ2n) is 7.16. The first-order valence-electron chi connectivity index (χ1n) is 8.55. The van der Waals surface area contributed by atoms with Crippen LogP contribution in [0.25, 0.3) is 0 Å². The number of carbonyl (C=O) groups is 1. The van der Waals surface area contributed by atoms with E-state index >= 15 is 0 Å². The maximum absolute atomic E-state index is 11.2. The third kappa shape index (κ3) is 5.86. The quantitative estimate of drug-likeness (QED) is 0.739. The van der Waals surface area contributed by atoms with Crippen molar-refractivity contribution in [3.63, 3.8) is 0 Å². The van der Waals surface area contributed by atoms with Crippen molar-refractivity contribution >= 4 is 13.1 Å². The fraction of sp³-hybridized carbons (Fsp3) is 0.824. The van der Waals surface area contributed by atoms with Crippen LogP contribution in [-0.2, 0) is 4.79 Å². The first kappa shape index (κ1) is 16.6. The lowest BCUT2D eigenvalue weighted by Gasteiger charge is -2.31. The van der Waals surface area contributed by atoms with E-state index in [1.54, 1.807) is 6.92 Å². The van der Waals surface area contributed by atoms with Crippen molar-refractivity contribution in [2.45, 2.75) is 76.6 Å². The number of allylic oxidation sites excluding steroid dienone is 1. The molecule has 0 spiro atoms. The van der Waals surface area contributed by atoms with Gasteiger partial charge in [0, 0.05) is 18.2 Å². The van der Waals surface area contributed by atoms with Gasteiger partial charge < -0.3 is 15.8 Å². The molecule has 0 aromatic heterocycles. The van der Waals surface area contributed by atoms with Crippen LogP contribution in [0.3, 0.4) is 0 Å². The molecule has 2 atom stereocenters. The van der Waals surface area contributed by atoms with Gasteiger partial charge in [-0.05, 0) is 69.6 Å². The number of hydrogen-bond acceptors (Lipinski definition) is 3. The molecule has 1 saturated carbocycles. The lowest BCUT2D eigenvalue weighted by molar-refractivity contribution is -0.117. The van der Waals surface area contributed by atoms with Crippen LogP contribution in [0.2, 0.25) is 6.32 Å². The first-order chi connectivity index (χ1) is 10.0. The summed E-state index contributed by atoms with van der Waals surface area (Å²) in [6.45, 7) is 5.91. The highest BCUT2D eigenvalue weighted by atomic mass is 16.1. The normalized spacial score (nSPS) is 33.0. The number of ketones is 1. The summed E-state index contributed by atoms with van der Waals surface area (Å²) in [6, 6.07) is 0.423. The molecule has 1 saturated heterocycles. The van der Waals surface area contributed by atoms with Gasteiger partial charge in [-0.25, -0.2) is 0 Å². The van der Waals surface area contributed by atoms with Crippen molar-refractivity contribution in [1.82, 2.24) is 5.32 Å². The molecule has 2 rings (SSSR count). The molecule has 2 fully saturated rings. The van der Waals surface area contributed by atoms with Crippen LogP contribution in [0.4, 0.5) is 0 Å². The molecule has 1 aliphatic carbocycles. The molecule has 0 aromatic carbocycles. The van der Waals surface area contributed by atoms with Crippen molar-refractivity contribution in [2.24, 2.45) is 17.6 Å². The third-order valence-corrected chi connectivity index (χ3v) is 5.03. The number of nitrogens with one attached hydrogen (secondary N) is 1. The van der Waals surface area contributed by atoms with Gasteiger partial charge in [0.1, 0.15) is 13.1 Å². The Hall–Kier alpha value is -0.765. The predicted molar refractivity (Wildman–Crippen MR) is 89.2 cm³/mol. The molecule has 1 aliphatic heterocycles. The van der Waals surface area contributed by atoms with Crippen LogP contribution in [0.1, 0.15) is 58.3 Å². The Labute approximate surface area is 130 Å². The van der Waals surface area contributed by atoms with Crippen molar-refractivity contribution in [1.29, 1.82) is 0 Å². The monoisotopic (exact) mass is 289 g/mol. The highest BCUT2D eigenvalue weighted by Crippen LogP contribution is 2.28. The van der Waals surface area contributed by atoms with Crippen molar-refractivity contribution in [2.75, 3.05) is 0 Å². The van der Waals surface area contributed by atoms with Gasteiger partial charge in [0.15, 0.2) is 0 Å². The molecular weight excluding hydrogens is 259 g/mol. The Morgan fingerprint density at radius 1 is 1.14 bits per heavy atom. The summed E-state index contributed by atoms with van der Waals surface area (Å²) in [5, 5.41) is 3.59. The van der Waals surface area contributed by atoms with E-state index in [-0.39, 0.29) is 0 Å². The second kappa shape index (κ2) is 8.02. The van der Waals surface area contributed by atoms with Gasteiger partial charge in [0.2, 0.25) is 0 Å². The molecular formula is C17H30BN2O. The Morgan fingerprint density at radius 3 is 2.38 bits per heavy atom. The summed E-state index contributed by atoms with van der Waals surface area (Å²) in [6.07, 6.45) is 10.0. The van der Waals surface area contributed by atoms with Gasteiger partial charge in [-0.1, -0.05) is 12.9 Å². The number of Topliss-reactive ketones (excluding diaryl/α,β-unsaturated/α-hetero) is 1. The van der Waals surface area contributed by atoms with Crippen LogP contribution in [0, 0.1) is 11.8 Å². The Kier molecular flexibility index (Phi) is 6.34. The Balaban J connectivity index is 1.64. The molecule has 0 aromatic rings. The second-order valence-corrected chi connectivity index (χ2v) is 7.16. The SMILES string of the molecule is C=C(CC1CCC(N)CC1)NC1[B]CC(CC(C)=O)CC1. The molecule has 2 unspecified atom stereocenters. The topological polar surface area (TPSA) is 55.1 Å². The fourth-order valence-corrected chi connectivity index (χ4v) is 3.79. The van der Waals surface area contributed by atoms with Crippen LogP contribution in [0.15, 0.2) is 12.3 Å². The Morgan fingerprint density at radius 2 is 1.81 bits per heavy atom. The van der Waals surface area contributed by atoms with E-state index < -0.39 is 0 Å². The molecule has 4 heteroatoms. The predicted octanol–water partition coefficient (Wildman–Crippen LogP) is 2.84. The molecule has 1 radical (unpaired) electrons. The number of carbonyl (C=O) groups excluding carboxylic acids is 1. The van der Waals surface area contributed by atoms with Crippen LogP contribution < -0.4 is 11.1 Å². The van der Waals surface area contributed by atoms with Crippen LogP contribution in [-0.4, -0.2) is 25.0 Å². The zero-order valence-electron chi connectivity index (χ0n) is 13.4. The van der Waals surface area contributed by atoms with Gasteiger partial charge in [-0.15, -0.1) is 0 Å². The zero-order chi connectivity index (χ0) is 15.2. The van der Waals surface area contributed by atoms with E-state index in [1.807, 2.05) is 0 Å². The zero-order valence-corrected chi connectivity index (χ0v) is 13.4. The maximum atomic E-state index is 11.2. The number of nitrogens with two attached hydrogens (primary N) is 1. The molecule has 3 N–H and O–H groups in total. The molecule has 1 heterocycles. The van der Waals surface area contributed by atoms with Crippen LogP contribution in [0.5, 0.6) is 0 Å². The molecule has 3 nitrogen and oxygen atoms in total. The fourth-order valence-electron chi connectivity index (χ4n) is 3.79. The first-order valence-corrected chi connectivity index (χ1v) is 8.55. The van der Waals surface area contributed by atoms with E-state index in [9.17, 15) is 4.79 Å². The van der Waals surface area contributed by atoms with Crippen molar-refractivity contribution < 1.29 is 4.79 Å². The summed E-state index contributed by atoms with van der Waals surface area (Å²) in [5.41, 5.74) is 7.14. The van der Waals surface area contributed by atoms with Gasteiger partial charge in [-0.2, -0.15) is 0 Å². The number of hydrogen-bond donors (Lipinski definition) is 2. The average molecular weight is 289 g/mol. The summed E-state index contributed by atoms with van der Waals surface area (Å²) in [7, 11) is 2.35. The van der Waals surface area contributed by atoms with Crippen LogP contribution >= 0.6 is 0 Å². The van der Waals surface area contributed by atoms with Crippen molar-refractivity contribution in [3.05, 3.63) is 12.3 Å². The van der Waals surface area contributed by atoms with E-state index in [0.717, 1.165) is 37.9 Å². The third-order valence-electron chi connectivity index (χ3n) is 5.03. The molecule has 2 aliphatic rings. The van der Waals surface area contributed by atoms with E-state index in [4.69, 9.17) is 5.73 Å². The Bertz CT molecular complexity index is 356. The minimum atomic E-state index is 0.319. The van der Waals surface area contributed by atoms with E-state index in [1.165, 1.54) is 31.4 Å². The minimum absolute atomic E-state index is 0.319. The van der Waals surface area contributed by atoms with Crippen molar-refractivity contribution in [3.8, 4) is 0 Å². The molecule has 0 amide bonds.